The summed E-state index contributed by atoms with van der Waals surface area (Å²) in [5.74, 6) is 0.272. The second-order valence-electron chi connectivity index (χ2n) is 7.83. The average Bonchev–Trinajstić information content (AvgIpc) is 3.23. The standard InChI is InChI=1S/C27H21N3O4/c1-34-19-13-11-17(12-14-19)16-30-26(32)22(25(31)29-27(30)33)15-21-20-9-5-6-10-23(20)28-24(21)18-7-3-2-4-8-18/h2-15,32H,16H2,1H3,(H,29,31,33). The monoisotopic (exact) mass is 451 g/mol. The first kappa shape index (κ1) is 21.2. The molecule has 4 aromatic rings. The van der Waals surface area contributed by atoms with Crippen molar-refractivity contribution in [3.8, 4) is 11.6 Å². The maximum Gasteiger partial charge on any atom is 0.331 e. The summed E-state index contributed by atoms with van der Waals surface area (Å²) in [4.78, 5) is 32.4. The van der Waals surface area contributed by atoms with Crippen LogP contribution in [0.1, 0.15) is 22.3 Å². The molecule has 2 heterocycles. The van der Waals surface area contributed by atoms with Gasteiger partial charge in [-0.05, 0) is 29.8 Å². The lowest BCUT2D eigenvalue weighted by Crippen LogP contribution is -2.31. The van der Waals surface area contributed by atoms with E-state index in [2.05, 4.69) is 4.98 Å². The Balaban J connectivity index is 1.63. The van der Waals surface area contributed by atoms with E-state index in [-0.39, 0.29) is 12.1 Å². The van der Waals surface area contributed by atoms with Crippen LogP contribution in [0, 0.1) is 0 Å². The molecule has 0 fully saturated rings. The zero-order valence-electron chi connectivity index (χ0n) is 18.4. The van der Waals surface area contributed by atoms with Gasteiger partial charge in [-0.1, -0.05) is 60.7 Å². The normalized spacial score (nSPS) is 13.6. The number of aromatic hydroxyl groups is 1. The van der Waals surface area contributed by atoms with Gasteiger partial charge in [0.15, 0.2) is 0 Å². The number of fused-ring (bicyclic) bond motifs is 1. The van der Waals surface area contributed by atoms with E-state index in [1.165, 1.54) is 0 Å². The molecule has 0 aliphatic carbocycles. The van der Waals surface area contributed by atoms with Crippen molar-refractivity contribution in [3.63, 3.8) is 0 Å². The van der Waals surface area contributed by atoms with Gasteiger partial charge in [-0.25, -0.2) is 9.79 Å². The summed E-state index contributed by atoms with van der Waals surface area (Å²) in [6.45, 7) is 0.0812. The molecule has 1 aliphatic rings. The van der Waals surface area contributed by atoms with Crippen LogP contribution >= 0.6 is 0 Å². The molecule has 1 aromatic heterocycles. The lowest BCUT2D eigenvalue weighted by atomic mass is 9.96. The van der Waals surface area contributed by atoms with Gasteiger partial charge in [0.05, 0.1) is 25.1 Å². The van der Waals surface area contributed by atoms with Crippen LogP contribution in [0.15, 0.2) is 93.4 Å². The minimum atomic E-state index is -0.691. The molecule has 0 bridgehead atoms. The quantitative estimate of drug-likeness (QED) is 0.480. The Labute approximate surface area is 195 Å². The second kappa shape index (κ2) is 8.71. The Morgan fingerprint density at radius 1 is 0.971 bits per heavy atom. The summed E-state index contributed by atoms with van der Waals surface area (Å²) >= 11 is 0. The van der Waals surface area contributed by atoms with E-state index in [0.29, 0.717) is 17.0 Å². The van der Waals surface area contributed by atoms with Crippen LogP contribution in [0.5, 0.6) is 11.6 Å². The van der Waals surface area contributed by atoms with Crippen molar-refractivity contribution in [1.29, 1.82) is 0 Å². The van der Waals surface area contributed by atoms with Crippen LogP contribution in [0.2, 0.25) is 0 Å². The number of hydrogen-bond donors (Lipinski definition) is 2. The number of allylic oxidation sites excluding steroid dienone is 1. The fourth-order valence-corrected chi connectivity index (χ4v) is 3.98. The summed E-state index contributed by atoms with van der Waals surface area (Å²) in [7, 11) is 1.57. The number of nitrogens with one attached hydrogen (secondary N) is 1. The summed E-state index contributed by atoms with van der Waals surface area (Å²) in [6, 6.07) is 24.3. The number of methoxy groups -OCH3 is 1. The van der Waals surface area contributed by atoms with Gasteiger partial charge in [0.1, 0.15) is 11.3 Å². The molecule has 7 heteroatoms. The van der Waals surface area contributed by atoms with Crippen molar-refractivity contribution in [1.82, 2.24) is 9.55 Å². The van der Waals surface area contributed by atoms with Crippen molar-refractivity contribution >= 4 is 23.0 Å². The Morgan fingerprint density at radius 2 is 1.68 bits per heavy atom. The molecule has 2 N–H and O–H groups in total. The molecule has 3 aromatic carbocycles. The molecule has 7 nitrogen and oxygen atoms in total. The molecule has 0 radical (unpaired) electrons. The molecule has 0 atom stereocenters. The molecule has 0 saturated carbocycles. The SMILES string of the molecule is COc1ccc(Cn2c(O)c(C=C3C(c4ccccc4)=Nc4ccccc43)c(=O)[nH]c2=O)cc1. The third kappa shape index (κ3) is 3.84. The number of aromatic nitrogens is 2. The molecular weight excluding hydrogens is 430 g/mol. The smallest absolute Gasteiger partial charge is 0.331 e. The maximum absolute atomic E-state index is 12.8. The molecule has 0 saturated heterocycles. The summed E-state index contributed by atoms with van der Waals surface area (Å²) < 4.78 is 6.30. The summed E-state index contributed by atoms with van der Waals surface area (Å²) in [5.41, 5.74) is 3.27. The van der Waals surface area contributed by atoms with Gasteiger partial charge < -0.3 is 9.84 Å². The van der Waals surface area contributed by atoms with E-state index in [1.807, 2.05) is 54.6 Å². The van der Waals surface area contributed by atoms with Crippen molar-refractivity contribution < 1.29 is 9.84 Å². The third-order valence-corrected chi connectivity index (χ3v) is 5.72. The van der Waals surface area contributed by atoms with Gasteiger partial charge >= 0.3 is 5.69 Å². The molecule has 0 amide bonds. The van der Waals surface area contributed by atoms with E-state index in [9.17, 15) is 14.7 Å². The minimum absolute atomic E-state index is 0.0107. The molecule has 0 unspecified atom stereocenters. The number of H-pyrrole nitrogens is 1. The van der Waals surface area contributed by atoms with Crippen molar-refractivity contribution in [3.05, 3.63) is 122 Å². The summed E-state index contributed by atoms with van der Waals surface area (Å²) in [6.07, 6.45) is 1.59. The molecule has 34 heavy (non-hydrogen) atoms. The van der Waals surface area contributed by atoms with E-state index in [4.69, 9.17) is 9.73 Å². The molecule has 168 valence electrons. The van der Waals surface area contributed by atoms with Gasteiger partial charge in [-0.2, -0.15) is 0 Å². The zero-order valence-corrected chi connectivity index (χ0v) is 18.4. The van der Waals surface area contributed by atoms with Crippen molar-refractivity contribution in [2.45, 2.75) is 6.54 Å². The number of ether oxygens (including phenoxy) is 1. The minimum Gasteiger partial charge on any atom is -0.497 e. The Morgan fingerprint density at radius 3 is 2.41 bits per heavy atom. The van der Waals surface area contributed by atoms with E-state index >= 15 is 0 Å². The van der Waals surface area contributed by atoms with Gasteiger partial charge in [-0.3, -0.25) is 14.3 Å². The van der Waals surface area contributed by atoms with Crippen molar-refractivity contribution in [2.75, 3.05) is 7.11 Å². The predicted molar refractivity (Wildman–Crippen MR) is 132 cm³/mol. The average molecular weight is 451 g/mol. The zero-order chi connectivity index (χ0) is 23.7. The molecular formula is C27H21N3O4. The highest BCUT2D eigenvalue weighted by atomic mass is 16.5. The van der Waals surface area contributed by atoms with Crippen LogP contribution in [0.3, 0.4) is 0 Å². The van der Waals surface area contributed by atoms with Crippen LogP contribution in [-0.4, -0.2) is 27.5 Å². The molecule has 5 rings (SSSR count). The number of aromatic amines is 1. The van der Waals surface area contributed by atoms with Crippen molar-refractivity contribution in [2.24, 2.45) is 4.99 Å². The van der Waals surface area contributed by atoms with Gasteiger partial charge in [0.25, 0.3) is 5.56 Å². The van der Waals surface area contributed by atoms with Gasteiger partial charge in [0, 0.05) is 16.7 Å². The fourth-order valence-electron chi connectivity index (χ4n) is 3.98. The Kier molecular flexibility index (Phi) is 5.43. The first-order valence-corrected chi connectivity index (χ1v) is 10.7. The highest BCUT2D eigenvalue weighted by molar-refractivity contribution is 6.39. The van der Waals surface area contributed by atoms with E-state index < -0.39 is 17.1 Å². The maximum atomic E-state index is 12.8. The lowest BCUT2D eigenvalue weighted by molar-refractivity contribution is 0.407. The van der Waals surface area contributed by atoms with Crippen LogP contribution in [-0.2, 0) is 6.54 Å². The predicted octanol–water partition coefficient (Wildman–Crippen LogP) is 3.97. The Hall–Kier alpha value is -4.65. The first-order valence-electron chi connectivity index (χ1n) is 10.7. The number of benzene rings is 3. The third-order valence-electron chi connectivity index (χ3n) is 5.72. The second-order valence-corrected chi connectivity index (χ2v) is 7.83. The Bertz CT molecular complexity index is 1550. The number of rotatable bonds is 5. The topological polar surface area (TPSA) is 96.7 Å². The van der Waals surface area contributed by atoms with E-state index in [1.54, 1.807) is 37.5 Å². The highest BCUT2D eigenvalue weighted by Gasteiger charge is 2.23. The van der Waals surface area contributed by atoms with E-state index in [0.717, 1.165) is 26.9 Å². The number of para-hydroxylation sites is 1. The summed E-state index contributed by atoms with van der Waals surface area (Å²) in [5, 5.41) is 11.0. The first-order chi connectivity index (χ1) is 16.5. The highest BCUT2D eigenvalue weighted by Crippen LogP contribution is 2.38. The number of hydrogen-bond acceptors (Lipinski definition) is 5. The lowest BCUT2D eigenvalue weighted by Gasteiger charge is -2.12. The van der Waals surface area contributed by atoms with Crippen LogP contribution < -0.4 is 16.0 Å². The fraction of sp³-hybridized carbons (Fsp3) is 0.0741. The number of aliphatic imine (C=N–C) groups is 1. The molecule has 1 aliphatic heterocycles. The van der Waals surface area contributed by atoms with Crippen LogP contribution in [0.25, 0.3) is 11.6 Å². The van der Waals surface area contributed by atoms with Gasteiger partial charge in [0.2, 0.25) is 5.88 Å². The number of nitrogens with zero attached hydrogens (tertiary/aromatic N) is 2. The molecule has 0 spiro atoms. The van der Waals surface area contributed by atoms with Crippen LogP contribution in [0.4, 0.5) is 5.69 Å². The largest absolute Gasteiger partial charge is 0.497 e. The van der Waals surface area contributed by atoms with Gasteiger partial charge in [-0.15, -0.1) is 0 Å².